The summed E-state index contributed by atoms with van der Waals surface area (Å²) in [6.07, 6.45) is 3.18. The molecule has 0 aromatic rings. The zero-order chi connectivity index (χ0) is 12.6. The molecule has 18 heavy (non-hydrogen) atoms. The third kappa shape index (κ3) is 1.71. The lowest BCUT2D eigenvalue weighted by molar-refractivity contribution is -0.124. The van der Waals surface area contributed by atoms with Crippen molar-refractivity contribution in [3.8, 4) is 0 Å². The Morgan fingerprint density at radius 3 is 3.28 bits per heavy atom. The first kappa shape index (κ1) is 11.9. The molecular weight excluding hydrogens is 232 g/mol. The average Bonchev–Trinajstić information content (AvgIpc) is 2.99. The van der Waals surface area contributed by atoms with E-state index in [1.54, 1.807) is 7.11 Å². The quantitative estimate of drug-likeness (QED) is 0.653. The van der Waals surface area contributed by atoms with E-state index in [2.05, 4.69) is 20.5 Å². The highest BCUT2D eigenvalue weighted by atomic mass is 16.5. The second kappa shape index (κ2) is 4.51. The summed E-state index contributed by atoms with van der Waals surface area (Å²) in [5, 5.41) is 6.21. The molecule has 0 bridgehead atoms. The van der Waals surface area contributed by atoms with Crippen molar-refractivity contribution in [2.45, 2.75) is 30.8 Å². The second-order valence-electron chi connectivity index (χ2n) is 5.22. The Morgan fingerprint density at radius 2 is 2.44 bits per heavy atom. The van der Waals surface area contributed by atoms with E-state index in [0.717, 1.165) is 25.9 Å². The van der Waals surface area contributed by atoms with Crippen LogP contribution in [-0.2, 0) is 9.53 Å². The van der Waals surface area contributed by atoms with Crippen molar-refractivity contribution in [2.24, 2.45) is 4.99 Å². The summed E-state index contributed by atoms with van der Waals surface area (Å²) in [6.45, 7) is 3.28. The Labute approximate surface area is 107 Å². The molecule has 3 rings (SSSR count). The van der Waals surface area contributed by atoms with Crippen molar-refractivity contribution in [1.29, 1.82) is 0 Å². The van der Waals surface area contributed by atoms with Crippen LogP contribution in [0.4, 0.5) is 0 Å². The van der Waals surface area contributed by atoms with Gasteiger partial charge in [-0.1, -0.05) is 0 Å². The third-order valence-corrected chi connectivity index (χ3v) is 4.27. The third-order valence-electron chi connectivity index (χ3n) is 4.27. The van der Waals surface area contributed by atoms with Crippen LogP contribution in [0.1, 0.15) is 19.3 Å². The molecule has 2 atom stereocenters. The van der Waals surface area contributed by atoms with Gasteiger partial charge < -0.3 is 10.1 Å². The Hall–Kier alpha value is -1.14. The Morgan fingerprint density at radius 1 is 1.56 bits per heavy atom. The van der Waals surface area contributed by atoms with Crippen LogP contribution in [0.3, 0.4) is 0 Å². The number of nitrogens with zero attached hydrogens (tertiary/aromatic N) is 2. The van der Waals surface area contributed by atoms with E-state index in [9.17, 15) is 4.79 Å². The van der Waals surface area contributed by atoms with Crippen LogP contribution in [0.25, 0.3) is 0 Å². The molecule has 0 saturated carbocycles. The molecule has 6 nitrogen and oxygen atoms in total. The van der Waals surface area contributed by atoms with Crippen LogP contribution >= 0.6 is 0 Å². The topological polar surface area (TPSA) is 66.0 Å². The SMILES string of the molecule is COCCN=C1NC(=O)C2(CCN3CCCC32)N1. The molecule has 3 saturated heterocycles. The molecule has 0 aliphatic carbocycles. The van der Waals surface area contributed by atoms with Gasteiger partial charge in [0.25, 0.3) is 5.91 Å². The fraction of sp³-hybridized carbons (Fsp3) is 0.833. The number of hydrogen-bond donors (Lipinski definition) is 2. The van der Waals surface area contributed by atoms with Gasteiger partial charge >= 0.3 is 0 Å². The largest absolute Gasteiger partial charge is 0.383 e. The molecule has 2 unspecified atom stereocenters. The summed E-state index contributed by atoms with van der Waals surface area (Å²) in [7, 11) is 1.65. The maximum atomic E-state index is 12.3. The predicted molar refractivity (Wildman–Crippen MR) is 67.4 cm³/mol. The van der Waals surface area contributed by atoms with E-state index in [4.69, 9.17) is 4.74 Å². The summed E-state index contributed by atoms with van der Waals surface area (Å²) in [5.74, 6) is 0.707. The van der Waals surface area contributed by atoms with Gasteiger partial charge in [0, 0.05) is 19.7 Å². The van der Waals surface area contributed by atoms with Crippen molar-refractivity contribution in [2.75, 3.05) is 33.4 Å². The summed E-state index contributed by atoms with van der Waals surface area (Å²) < 4.78 is 4.96. The number of guanidine groups is 1. The van der Waals surface area contributed by atoms with E-state index in [1.165, 1.54) is 6.42 Å². The normalized spacial score (nSPS) is 37.3. The van der Waals surface area contributed by atoms with Crippen LogP contribution in [-0.4, -0.2) is 61.7 Å². The first-order valence-corrected chi connectivity index (χ1v) is 6.63. The van der Waals surface area contributed by atoms with Gasteiger partial charge in [0.1, 0.15) is 5.54 Å². The van der Waals surface area contributed by atoms with Crippen LogP contribution < -0.4 is 10.6 Å². The van der Waals surface area contributed by atoms with Gasteiger partial charge in [-0.25, -0.2) is 0 Å². The number of methoxy groups -OCH3 is 1. The molecule has 0 aromatic heterocycles. The zero-order valence-electron chi connectivity index (χ0n) is 10.7. The number of nitrogens with one attached hydrogen (secondary N) is 2. The van der Waals surface area contributed by atoms with Crippen LogP contribution in [0.15, 0.2) is 4.99 Å². The highest BCUT2D eigenvalue weighted by Gasteiger charge is 2.57. The van der Waals surface area contributed by atoms with E-state index in [0.29, 0.717) is 25.2 Å². The monoisotopic (exact) mass is 252 g/mol. The van der Waals surface area contributed by atoms with E-state index in [1.807, 2.05) is 0 Å². The number of carbonyl (C=O) groups excluding carboxylic acids is 1. The fourth-order valence-corrected chi connectivity index (χ4v) is 3.40. The van der Waals surface area contributed by atoms with Gasteiger partial charge in [-0.2, -0.15) is 0 Å². The van der Waals surface area contributed by atoms with Crippen LogP contribution in [0, 0.1) is 0 Å². The summed E-state index contributed by atoms with van der Waals surface area (Å²) in [4.78, 5) is 19.0. The first-order valence-electron chi connectivity index (χ1n) is 6.63. The maximum absolute atomic E-state index is 12.3. The molecule has 0 radical (unpaired) electrons. The predicted octanol–water partition coefficient (Wildman–Crippen LogP) is -0.685. The summed E-state index contributed by atoms with van der Waals surface area (Å²) in [6, 6.07) is 0.340. The number of ether oxygens (including phenoxy) is 1. The van der Waals surface area contributed by atoms with Gasteiger partial charge in [-0.05, 0) is 25.8 Å². The van der Waals surface area contributed by atoms with Gasteiger partial charge in [-0.15, -0.1) is 0 Å². The lowest BCUT2D eigenvalue weighted by Gasteiger charge is -2.28. The minimum absolute atomic E-state index is 0.0908. The van der Waals surface area contributed by atoms with Crippen molar-refractivity contribution in [1.82, 2.24) is 15.5 Å². The smallest absolute Gasteiger partial charge is 0.254 e. The molecular formula is C12H20N4O2. The minimum atomic E-state index is -0.428. The van der Waals surface area contributed by atoms with Crippen molar-refractivity contribution in [3.63, 3.8) is 0 Å². The van der Waals surface area contributed by atoms with Gasteiger partial charge in [-0.3, -0.25) is 20.0 Å². The number of rotatable bonds is 3. The highest BCUT2D eigenvalue weighted by molar-refractivity contribution is 6.09. The molecule has 100 valence electrons. The van der Waals surface area contributed by atoms with E-state index in [-0.39, 0.29) is 5.91 Å². The summed E-state index contributed by atoms with van der Waals surface area (Å²) in [5.41, 5.74) is -0.428. The molecule has 3 fully saturated rings. The number of amides is 1. The molecule has 0 aromatic carbocycles. The molecule has 2 N–H and O–H groups in total. The van der Waals surface area contributed by atoms with Gasteiger partial charge in [0.05, 0.1) is 13.2 Å². The van der Waals surface area contributed by atoms with Crippen molar-refractivity contribution >= 4 is 11.9 Å². The number of fused-ring (bicyclic) bond motifs is 2. The molecule has 3 aliphatic heterocycles. The van der Waals surface area contributed by atoms with Crippen LogP contribution in [0.2, 0.25) is 0 Å². The highest BCUT2D eigenvalue weighted by Crippen LogP contribution is 2.37. The minimum Gasteiger partial charge on any atom is -0.383 e. The number of hydrogen-bond acceptors (Lipinski definition) is 4. The molecule has 1 spiro atoms. The molecule has 6 heteroatoms. The molecule has 3 aliphatic rings. The number of carbonyl (C=O) groups is 1. The van der Waals surface area contributed by atoms with E-state index >= 15 is 0 Å². The van der Waals surface area contributed by atoms with Crippen molar-refractivity contribution < 1.29 is 9.53 Å². The lowest BCUT2D eigenvalue weighted by atomic mass is 9.89. The van der Waals surface area contributed by atoms with Gasteiger partial charge in [0.2, 0.25) is 0 Å². The zero-order valence-corrected chi connectivity index (χ0v) is 10.7. The lowest BCUT2D eigenvalue weighted by Crippen LogP contribution is -2.54. The molecule has 1 amide bonds. The average molecular weight is 252 g/mol. The number of aliphatic imine (C=N–C) groups is 1. The Balaban J connectivity index is 1.74. The second-order valence-corrected chi connectivity index (χ2v) is 5.22. The molecule has 3 heterocycles. The first-order chi connectivity index (χ1) is 8.76. The fourth-order valence-electron chi connectivity index (χ4n) is 3.40. The van der Waals surface area contributed by atoms with Crippen LogP contribution in [0.5, 0.6) is 0 Å². The van der Waals surface area contributed by atoms with Gasteiger partial charge in [0.15, 0.2) is 5.96 Å². The standard InChI is InChI=1S/C12H20N4O2/c1-18-8-5-13-11-14-10(17)12(15-11)4-7-16-6-2-3-9(12)16/h9H,2-8H2,1H3,(H2,13,14,15,17). The Bertz CT molecular complexity index is 384. The Kier molecular flexibility index (Phi) is 2.99. The maximum Gasteiger partial charge on any atom is 0.254 e. The summed E-state index contributed by atoms with van der Waals surface area (Å²) >= 11 is 0. The van der Waals surface area contributed by atoms with Crippen molar-refractivity contribution in [3.05, 3.63) is 0 Å². The van der Waals surface area contributed by atoms with E-state index < -0.39 is 5.54 Å².